The maximum atomic E-state index is 9.81. The SMILES string of the molecule is COc1ccnc(-c2cc(CO)cc(-c3cc(CO)cc(-c4cc(OC)ccn4)n3)n2)c1.COc1ccnc(-c2cc(OC)ccn2)c1.[Co]. The van der Waals surface area contributed by atoms with Crippen molar-refractivity contribution in [3.05, 3.63) is 109 Å². The quantitative estimate of drug-likeness (QED) is 0.187. The van der Waals surface area contributed by atoms with E-state index in [9.17, 15) is 10.2 Å². The van der Waals surface area contributed by atoms with Gasteiger partial charge in [0.1, 0.15) is 23.0 Å². The second kappa shape index (κ2) is 17.6. The molecule has 0 aromatic carbocycles. The summed E-state index contributed by atoms with van der Waals surface area (Å²) in [6.45, 7) is -0.340. The van der Waals surface area contributed by atoms with E-state index in [-0.39, 0.29) is 30.0 Å². The van der Waals surface area contributed by atoms with E-state index in [0.717, 1.165) is 22.9 Å². The molecule has 0 aliphatic carbocycles. The summed E-state index contributed by atoms with van der Waals surface area (Å²) in [7, 11) is 6.41. The standard InChI is InChI=1S/C24H22N4O4.C12H12N2O2.Co/c1-31-17-3-5-25-19(11-17)21-7-15(13-29)9-23(27-21)24-10-16(14-30)8-22(28-24)20-12-18(32-2)4-6-26-20;1-15-9-3-5-13-11(7-9)12-8-10(16-2)4-6-14-12;/h3-12,29-30H,13-14H2,1-2H3;3-8H,1-2H3;. The Bertz CT molecular complexity index is 1850. The third kappa shape index (κ3) is 9.33. The molecule has 6 rings (SSSR count). The molecule has 0 unspecified atom stereocenters. The smallest absolute Gasteiger partial charge is 0.122 e. The maximum Gasteiger partial charge on any atom is 0.122 e. The van der Waals surface area contributed by atoms with Crippen molar-refractivity contribution in [3.8, 4) is 68.5 Å². The summed E-state index contributed by atoms with van der Waals surface area (Å²) in [5, 5.41) is 19.6. The van der Waals surface area contributed by atoms with E-state index >= 15 is 0 Å². The summed E-state index contributed by atoms with van der Waals surface area (Å²) >= 11 is 0. The average Bonchev–Trinajstić information content (AvgIpc) is 3.17. The summed E-state index contributed by atoms with van der Waals surface area (Å²) in [5.41, 5.74) is 6.27. The van der Waals surface area contributed by atoms with Crippen LogP contribution in [0.25, 0.3) is 45.6 Å². The number of pyridine rings is 6. The molecule has 0 aliphatic rings. The third-order valence-corrected chi connectivity index (χ3v) is 7.05. The fourth-order valence-electron chi connectivity index (χ4n) is 4.59. The van der Waals surface area contributed by atoms with Crippen molar-refractivity contribution in [3.63, 3.8) is 0 Å². The monoisotopic (exact) mass is 705 g/mol. The number of methoxy groups -OCH3 is 4. The zero-order chi connectivity index (χ0) is 33.9. The van der Waals surface area contributed by atoms with Gasteiger partial charge in [-0.1, -0.05) is 0 Å². The van der Waals surface area contributed by atoms with E-state index in [0.29, 0.717) is 56.8 Å². The molecule has 6 aromatic rings. The van der Waals surface area contributed by atoms with Crippen molar-refractivity contribution in [2.24, 2.45) is 0 Å². The zero-order valence-electron chi connectivity index (χ0n) is 27.2. The second-order valence-electron chi connectivity index (χ2n) is 10.1. The maximum absolute atomic E-state index is 9.81. The first kappa shape index (κ1) is 36.4. The van der Waals surface area contributed by atoms with Crippen LogP contribution in [0.3, 0.4) is 0 Å². The van der Waals surface area contributed by atoms with E-state index in [4.69, 9.17) is 28.9 Å². The van der Waals surface area contributed by atoms with Gasteiger partial charge in [-0.25, -0.2) is 9.97 Å². The fourth-order valence-corrected chi connectivity index (χ4v) is 4.59. The van der Waals surface area contributed by atoms with Gasteiger partial charge in [0.25, 0.3) is 0 Å². The molecular weight excluding hydrogens is 671 g/mol. The molecule has 0 saturated heterocycles. The number of ether oxygens (including phenoxy) is 4. The van der Waals surface area contributed by atoms with Gasteiger partial charge in [-0.3, -0.25) is 19.9 Å². The van der Waals surface area contributed by atoms with Gasteiger partial charge < -0.3 is 29.2 Å². The predicted molar refractivity (Wildman–Crippen MR) is 179 cm³/mol. The van der Waals surface area contributed by atoms with Gasteiger partial charge in [0.2, 0.25) is 0 Å². The van der Waals surface area contributed by atoms with Gasteiger partial charge in [0.05, 0.1) is 87.2 Å². The molecule has 0 atom stereocenters. The van der Waals surface area contributed by atoms with Crippen LogP contribution in [0.1, 0.15) is 11.1 Å². The Kier molecular flexibility index (Phi) is 13.1. The topological polar surface area (TPSA) is 155 Å². The number of hydrogen-bond acceptors (Lipinski definition) is 12. The molecule has 12 nitrogen and oxygen atoms in total. The van der Waals surface area contributed by atoms with Gasteiger partial charge in [0, 0.05) is 65.8 Å². The molecule has 2 N–H and O–H groups in total. The Balaban J connectivity index is 0.000000268. The zero-order valence-corrected chi connectivity index (χ0v) is 28.2. The van der Waals surface area contributed by atoms with E-state index in [1.54, 1.807) is 114 Å². The minimum Gasteiger partial charge on any atom is -0.497 e. The minimum absolute atomic E-state index is 0. The summed E-state index contributed by atoms with van der Waals surface area (Å²) in [5.74, 6) is 2.82. The molecule has 0 saturated carbocycles. The molecule has 0 spiro atoms. The number of rotatable bonds is 10. The minimum atomic E-state index is -0.170. The number of aliphatic hydroxyl groups is 2. The second-order valence-corrected chi connectivity index (χ2v) is 10.1. The number of nitrogens with zero attached hydrogens (tertiary/aromatic N) is 6. The largest absolute Gasteiger partial charge is 0.497 e. The number of aromatic nitrogens is 6. The molecule has 1 radical (unpaired) electrons. The molecule has 49 heavy (non-hydrogen) atoms. The van der Waals surface area contributed by atoms with Crippen molar-refractivity contribution in [2.75, 3.05) is 28.4 Å². The molecular formula is C36H34CoN6O6. The summed E-state index contributed by atoms with van der Waals surface area (Å²) in [6, 6.07) is 21.4. The number of aliphatic hydroxyl groups excluding tert-OH is 2. The van der Waals surface area contributed by atoms with Crippen LogP contribution in [-0.2, 0) is 30.0 Å². The Morgan fingerprint density at radius 3 is 0.898 bits per heavy atom. The van der Waals surface area contributed by atoms with Crippen molar-refractivity contribution in [2.45, 2.75) is 13.2 Å². The van der Waals surface area contributed by atoms with Crippen LogP contribution >= 0.6 is 0 Å². The van der Waals surface area contributed by atoms with Crippen LogP contribution in [0, 0.1) is 0 Å². The molecule has 0 aliphatic heterocycles. The first-order chi connectivity index (χ1) is 23.5. The van der Waals surface area contributed by atoms with Crippen molar-refractivity contribution >= 4 is 0 Å². The van der Waals surface area contributed by atoms with Crippen LogP contribution in [0.2, 0.25) is 0 Å². The van der Waals surface area contributed by atoms with Gasteiger partial charge in [-0.15, -0.1) is 0 Å². The van der Waals surface area contributed by atoms with E-state index in [1.165, 1.54) is 0 Å². The van der Waals surface area contributed by atoms with Crippen LogP contribution < -0.4 is 18.9 Å². The van der Waals surface area contributed by atoms with Crippen molar-refractivity contribution in [1.29, 1.82) is 0 Å². The molecule has 6 heterocycles. The fraction of sp³-hybridized carbons (Fsp3) is 0.167. The van der Waals surface area contributed by atoms with Crippen LogP contribution in [-0.4, -0.2) is 68.6 Å². The molecule has 253 valence electrons. The van der Waals surface area contributed by atoms with Crippen LogP contribution in [0.15, 0.2) is 97.6 Å². The summed E-state index contributed by atoms with van der Waals surface area (Å²) < 4.78 is 20.8. The first-order valence-electron chi connectivity index (χ1n) is 14.7. The molecule has 0 fully saturated rings. The number of hydrogen-bond donors (Lipinski definition) is 2. The molecule has 6 aromatic heterocycles. The van der Waals surface area contributed by atoms with Gasteiger partial charge in [0.15, 0.2) is 0 Å². The summed E-state index contributed by atoms with van der Waals surface area (Å²) in [6.07, 6.45) is 6.65. The normalized spacial score (nSPS) is 10.2. The summed E-state index contributed by atoms with van der Waals surface area (Å²) in [4.78, 5) is 26.7. The Hall–Kier alpha value is -5.47. The first-order valence-corrected chi connectivity index (χ1v) is 14.7. The third-order valence-electron chi connectivity index (χ3n) is 7.05. The molecule has 0 bridgehead atoms. The van der Waals surface area contributed by atoms with E-state index in [2.05, 4.69) is 19.9 Å². The van der Waals surface area contributed by atoms with Crippen molar-refractivity contribution in [1.82, 2.24) is 29.9 Å². The average molecular weight is 706 g/mol. The van der Waals surface area contributed by atoms with E-state index < -0.39 is 0 Å². The molecule has 0 amide bonds. The predicted octanol–water partition coefficient (Wildman–Crippen LogP) is 5.43. The van der Waals surface area contributed by atoms with Crippen molar-refractivity contribution < 1.29 is 45.9 Å². The Morgan fingerprint density at radius 1 is 0.408 bits per heavy atom. The van der Waals surface area contributed by atoms with Crippen LogP contribution in [0.5, 0.6) is 23.0 Å². The Morgan fingerprint density at radius 2 is 0.653 bits per heavy atom. The van der Waals surface area contributed by atoms with Gasteiger partial charge in [-0.2, -0.15) is 0 Å². The van der Waals surface area contributed by atoms with E-state index in [1.807, 2.05) is 12.1 Å². The van der Waals surface area contributed by atoms with Gasteiger partial charge in [-0.05, 0) is 59.7 Å². The molecule has 13 heteroatoms. The van der Waals surface area contributed by atoms with Gasteiger partial charge >= 0.3 is 0 Å². The van der Waals surface area contributed by atoms with Crippen LogP contribution in [0.4, 0.5) is 0 Å². The Labute approximate surface area is 294 Å².